The molecule has 0 radical (unpaired) electrons. The number of carbonyl (C=O) groups is 1. The van der Waals surface area contributed by atoms with Gasteiger partial charge in [0.25, 0.3) is 0 Å². The van der Waals surface area contributed by atoms with Gasteiger partial charge in [0.1, 0.15) is 0 Å². The molecular weight excluding hydrogens is 190 g/mol. The highest BCUT2D eigenvalue weighted by molar-refractivity contribution is 5.78. The van der Waals surface area contributed by atoms with Crippen LogP contribution in [0.1, 0.15) is 46.5 Å². The number of amides is 1. The molecule has 1 saturated heterocycles. The van der Waals surface area contributed by atoms with Crippen LogP contribution in [-0.4, -0.2) is 24.7 Å². The van der Waals surface area contributed by atoms with Crippen LogP contribution in [0, 0.1) is 5.92 Å². The van der Waals surface area contributed by atoms with Crippen LogP contribution in [0.3, 0.4) is 0 Å². The van der Waals surface area contributed by atoms with E-state index in [0.29, 0.717) is 0 Å². The van der Waals surface area contributed by atoms with Gasteiger partial charge in [-0.05, 0) is 32.6 Å². The Morgan fingerprint density at radius 3 is 2.60 bits per heavy atom. The summed E-state index contributed by atoms with van der Waals surface area (Å²) in [5, 5.41) is 3.06. The van der Waals surface area contributed by atoms with Gasteiger partial charge in [-0.3, -0.25) is 4.79 Å². The van der Waals surface area contributed by atoms with Gasteiger partial charge in [0.2, 0.25) is 5.91 Å². The predicted molar refractivity (Wildman–Crippen MR) is 60.7 cm³/mol. The molecule has 1 N–H and O–H groups in total. The van der Waals surface area contributed by atoms with Crippen LogP contribution >= 0.6 is 0 Å². The molecule has 0 spiro atoms. The molecule has 1 aliphatic rings. The van der Waals surface area contributed by atoms with Gasteiger partial charge in [-0.25, -0.2) is 0 Å². The summed E-state index contributed by atoms with van der Waals surface area (Å²) in [4.78, 5) is 11.8. The fraction of sp³-hybridized carbons (Fsp3) is 0.917. The summed E-state index contributed by atoms with van der Waals surface area (Å²) in [6, 6.07) is 0.153. The highest BCUT2D eigenvalue weighted by atomic mass is 16.5. The number of hydrogen-bond acceptors (Lipinski definition) is 2. The van der Waals surface area contributed by atoms with Crippen molar-refractivity contribution in [2.75, 3.05) is 6.61 Å². The maximum atomic E-state index is 11.8. The largest absolute Gasteiger partial charge is 0.376 e. The first kappa shape index (κ1) is 12.5. The Kier molecular flexibility index (Phi) is 5.09. The van der Waals surface area contributed by atoms with E-state index in [0.717, 1.165) is 32.3 Å². The zero-order valence-electron chi connectivity index (χ0n) is 10.1. The van der Waals surface area contributed by atoms with E-state index in [1.54, 1.807) is 0 Å². The number of carbonyl (C=O) groups excluding carboxylic acids is 1. The molecule has 1 heterocycles. The molecule has 0 unspecified atom stereocenters. The SMILES string of the molecule is CCC(CC)C(=O)N[C@@H](C)[C@@H]1CCCO1. The highest BCUT2D eigenvalue weighted by Gasteiger charge is 2.25. The van der Waals surface area contributed by atoms with Crippen LogP contribution < -0.4 is 5.32 Å². The van der Waals surface area contributed by atoms with Crippen LogP contribution in [-0.2, 0) is 9.53 Å². The zero-order chi connectivity index (χ0) is 11.3. The predicted octanol–water partition coefficient (Wildman–Crippen LogP) is 2.11. The fourth-order valence-corrected chi connectivity index (χ4v) is 2.09. The third kappa shape index (κ3) is 3.49. The Morgan fingerprint density at radius 1 is 1.47 bits per heavy atom. The molecule has 1 fully saturated rings. The summed E-state index contributed by atoms with van der Waals surface area (Å²) in [6.45, 7) is 7.00. The minimum Gasteiger partial charge on any atom is -0.376 e. The number of ether oxygens (including phenoxy) is 1. The first-order valence-corrected chi connectivity index (χ1v) is 6.11. The molecule has 1 aliphatic heterocycles. The molecule has 2 atom stereocenters. The minimum absolute atomic E-state index is 0.153. The average molecular weight is 213 g/mol. The van der Waals surface area contributed by atoms with Crippen LogP contribution in [0.4, 0.5) is 0 Å². The van der Waals surface area contributed by atoms with Crippen molar-refractivity contribution in [3.63, 3.8) is 0 Å². The molecule has 0 aliphatic carbocycles. The minimum atomic E-state index is 0.153. The molecule has 1 rings (SSSR count). The van der Waals surface area contributed by atoms with Gasteiger partial charge < -0.3 is 10.1 Å². The Morgan fingerprint density at radius 2 is 2.13 bits per heavy atom. The first-order valence-electron chi connectivity index (χ1n) is 6.11. The van der Waals surface area contributed by atoms with Crippen molar-refractivity contribution >= 4 is 5.91 Å². The Hall–Kier alpha value is -0.570. The van der Waals surface area contributed by atoms with Gasteiger partial charge in [-0.2, -0.15) is 0 Å². The monoisotopic (exact) mass is 213 g/mol. The molecule has 1 amide bonds. The first-order chi connectivity index (χ1) is 7.19. The molecule has 0 aromatic heterocycles. The molecule has 88 valence electrons. The van der Waals surface area contributed by atoms with Gasteiger partial charge >= 0.3 is 0 Å². The third-order valence-corrected chi connectivity index (χ3v) is 3.25. The molecular formula is C12H23NO2. The van der Waals surface area contributed by atoms with Crippen LogP contribution in [0.15, 0.2) is 0 Å². The maximum absolute atomic E-state index is 11.8. The number of nitrogens with one attached hydrogen (secondary N) is 1. The number of hydrogen-bond donors (Lipinski definition) is 1. The zero-order valence-corrected chi connectivity index (χ0v) is 10.1. The van der Waals surface area contributed by atoms with Crippen LogP contribution in [0.25, 0.3) is 0 Å². The van der Waals surface area contributed by atoms with Crippen molar-refractivity contribution in [2.45, 2.75) is 58.6 Å². The van der Waals surface area contributed by atoms with E-state index in [2.05, 4.69) is 19.2 Å². The van der Waals surface area contributed by atoms with E-state index in [1.165, 1.54) is 0 Å². The Balaban J connectivity index is 2.35. The van der Waals surface area contributed by atoms with Gasteiger partial charge in [0.05, 0.1) is 12.1 Å². The summed E-state index contributed by atoms with van der Waals surface area (Å²) < 4.78 is 5.55. The van der Waals surface area contributed by atoms with Crippen molar-refractivity contribution in [1.29, 1.82) is 0 Å². The Labute approximate surface area is 92.6 Å². The molecule has 0 bridgehead atoms. The van der Waals surface area contributed by atoms with Crippen molar-refractivity contribution in [2.24, 2.45) is 5.92 Å². The lowest BCUT2D eigenvalue weighted by Gasteiger charge is -2.22. The van der Waals surface area contributed by atoms with Crippen molar-refractivity contribution < 1.29 is 9.53 Å². The smallest absolute Gasteiger partial charge is 0.223 e. The summed E-state index contributed by atoms with van der Waals surface area (Å²) in [5.41, 5.74) is 0. The fourth-order valence-electron chi connectivity index (χ4n) is 2.09. The van der Waals surface area contributed by atoms with Crippen LogP contribution in [0.2, 0.25) is 0 Å². The van der Waals surface area contributed by atoms with Crippen LogP contribution in [0.5, 0.6) is 0 Å². The Bertz CT molecular complexity index is 196. The lowest BCUT2D eigenvalue weighted by atomic mass is 10.0. The summed E-state index contributed by atoms with van der Waals surface area (Å²) in [6.07, 6.45) is 4.25. The van der Waals surface area contributed by atoms with Gasteiger partial charge in [-0.1, -0.05) is 13.8 Å². The van der Waals surface area contributed by atoms with E-state index < -0.39 is 0 Å². The van der Waals surface area contributed by atoms with Gasteiger partial charge in [0.15, 0.2) is 0 Å². The van der Waals surface area contributed by atoms with E-state index in [-0.39, 0.29) is 24.0 Å². The van der Waals surface area contributed by atoms with E-state index in [1.807, 2.05) is 6.92 Å². The van der Waals surface area contributed by atoms with E-state index in [9.17, 15) is 4.79 Å². The second-order valence-corrected chi connectivity index (χ2v) is 4.36. The topological polar surface area (TPSA) is 38.3 Å². The summed E-state index contributed by atoms with van der Waals surface area (Å²) in [5.74, 6) is 0.344. The molecule has 0 aromatic carbocycles. The number of rotatable bonds is 5. The standard InChI is InChI=1S/C12H23NO2/c1-4-10(5-2)12(14)13-9(3)11-7-6-8-15-11/h9-11H,4-8H2,1-3H3,(H,13,14)/t9-,11-/m0/s1. The lowest BCUT2D eigenvalue weighted by Crippen LogP contribution is -2.43. The van der Waals surface area contributed by atoms with Gasteiger partial charge in [0, 0.05) is 12.5 Å². The summed E-state index contributed by atoms with van der Waals surface area (Å²) in [7, 11) is 0. The van der Waals surface area contributed by atoms with Crippen molar-refractivity contribution in [3.05, 3.63) is 0 Å². The second-order valence-electron chi connectivity index (χ2n) is 4.36. The van der Waals surface area contributed by atoms with Crippen molar-refractivity contribution in [1.82, 2.24) is 5.32 Å². The molecule has 0 saturated carbocycles. The molecule has 3 nitrogen and oxygen atoms in total. The van der Waals surface area contributed by atoms with Gasteiger partial charge in [-0.15, -0.1) is 0 Å². The maximum Gasteiger partial charge on any atom is 0.223 e. The normalized spacial score (nSPS) is 23.1. The molecule has 15 heavy (non-hydrogen) atoms. The third-order valence-electron chi connectivity index (χ3n) is 3.25. The lowest BCUT2D eigenvalue weighted by molar-refractivity contribution is -0.126. The molecule has 3 heteroatoms. The average Bonchev–Trinajstić information content (AvgIpc) is 2.72. The second kappa shape index (κ2) is 6.11. The van der Waals surface area contributed by atoms with E-state index >= 15 is 0 Å². The van der Waals surface area contributed by atoms with E-state index in [4.69, 9.17) is 4.74 Å². The molecule has 0 aromatic rings. The highest BCUT2D eigenvalue weighted by Crippen LogP contribution is 2.16. The van der Waals surface area contributed by atoms with Crippen molar-refractivity contribution in [3.8, 4) is 0 Å². The summed E-state index contributed by atoms with van der Waals surface area (Å²) >= 11 is 0. The quantitative estimate of drug-likeness (QED) is 0.759.